The number of hydrogen-bond acceptors (Lipinski definition) is 2. The smallest absolute Gasteiger partial charge is 0.0401 e. The second-order valence-electron chi connectivity index (χ2n) is 5.37. The standard InChI is InChI=1S/C16H26N2/c1-14(8-7-12-17-2)18-13-6-5-10-15-9-3-4-11-16(15)18/h3-4,9,11,14,17H,5-8,10,12-13H2,1-2H3. The van der Waals surface area contributed by atoms with Crippen molar-refractivity contribution in [2.24, 2.45) is 0 Å². The monoisotopic (exact) mass is 246 g/mol. The van der Waals surface area contributed by atoms with E-state index in [0.29, 0.717) is 6.04 Å². The van der Waals surface area contributed by atoms with Crippen molar-refractivity contribution in [3.63, 3.8) is 0 Å². The molecule has 0 bridgehead atoms. The molecule has 1 aromatic rings. The number of nitrogens with one attached hydrogen (secondary N) is 1. The highest BCUT2D eigenvalue weighted by molar-refractivity contribution is 5.55. The lowest BCUT2D eigenvalue weighted by Crippen LogP contribution is -2.34. The number of benzene rings is 1. The molecule has 1 heterocycles. The fourth-order valence-corrected chi connectivity index (χ4v) is 2.91. The first-order chi connectivity index (χ1) is 8.83. The van der Waals surface area contributed by atoms with Gasteiger partial charge in [0.2, 0.25) is 0 Å². The average Bonchev–Trinajstić information content (AvgIpc) is 2.61. The van der Waals surface area contributed by atoms with Crippen LogP contribution >= 0.6 is 0 Å². The van der Waals surface area contributed by atoms with Crippen LogP contribution in [0.3, 0.4) is 0 Å². The van der Waals surface area contributed by atoms with Crippen LogP contribution in [0.4, 0.5) is 5.69 Å². The van der Waals surface area contributed by atoms with Crippen LogP contribution in [0.15, 0.2) is 24.3 Å². The van der Waals surface area contributed by atoms with E-state index < -0.39 is 0 Å². The van der Waals surface area contributed by atoms with E-state index in [-0.39, 0.29) is 0 Å². The zero-order chi connectivity index (χ0) is 12.8. The van der Waals surface area contributed by atoms with Gasteiger partial charge in [-0.1, -0.05) is 18.2 Å². The lowest BCUT2D eigenvalue weighted by Gasteiger charge is -2.31. The molecule has 18 heavy (non-hydrogen) atoms. The predicted molar refractivity (Wildman–Crippen MR) is 79.3 cm³/mol. The molecule has 0 spiro atoms. The average molecular weight is 246 g/mol. The normalized spacial score (nSPS) is 17.1. The summed E-state index contributed by atoms with van der Waals surface area (Å²) in [6.45, 7) is 4.72. The number of nitrogens with zero attached hydrogens (tertiary/aromatic N) is 1. The molecule has 0 amide bonds. The Kier molecular flexibility index (Phi) is 5.06. The number of rotatable bonds is 5. The first kappa shape index (κ1) is 13.4. The molecule has 1 unspecified atom stereocenters. The van der Waals surface area contributed by atoms with Crippen molar-refractivity contribution >= 4 is 5.69 Å². The highest BCUT2D eigenvalue weighted by Crippen LogP contribution is 2.28. The van der Waals surface area contributed by atoms with Crippen molar-refractivity contribution in [2.45, 2.75) is 45.1 Å². The third-order valence-corrected chi connectivity index (χ3v) is 3.98. The van der Waals surface area contributed by atoms with E-state index in [1.165, 1.54) is 49.9 Å². The Morgan fingerprint density at radius 1 is 1.28 bits per heavy atom. The maximum absolute atomic E-state index is 3.24. The first-order valence-electron chi connectivity index (χ1n) is 7.32. The van der Waals surface area contributed by atoms with Crippen LogP contribution in [0, 0.1) is 0 Å². The molecule has 1 atom stereocenters. The van der Waals surface area contributed by atoms with E-state index in [2.05, 4.69) is 41.4 Å². The van der Waals surface area contributed by atoms with Crippen LogP contribution in [0.25, 0.3) is 0 Å². The van der Waals surface area contributed by atoms with Gasteiger partial charge in [0.05, 0.1) is 0 Å². The molecule has 1 aliphatic heterocycles. The van der Waals surface area contributed by atoms with Crippen molar-refractivity contribution in [3.05, 3.63) is 29.8 Å². The number of fused-ring (bicyclic) bond motifs is 1. The molecule has 0 radical (unpaired) electrons. The molecule has 100 valence electrons. The van der Waals surface area contributed by atoms with Gasteiger partial charge < -0.3 is 10.2 Å². The lowest BCUT2D eigenvalue weighted by molar-refractivity contribution is 0.547. The maximum atomic E-state index is 3.24. The maximum Gasteiger partial charge on any atom is 0.0401 e. The Bertz CT molecular complexity index is 362. The molecule has 1 N–H and O–H groups in total. The molecular weight excluding hydrogens is 220 g/mol. The lowest BCUT2D eigenvalue weighted by atomic mass is 10.1. The summed E-state index contributed by atoms with van der Waals surface area (Å²) in [5.74, 6) is 0. The van der Waals surface area contributed by atoms with E-state index in [0.717, 1.165) is 6.54 Å². The van der Waals surface area contributed by atoms with Gasteiger partial charge >= 0.3 is 0 Å². The Balaban J connectivity index is 2.07. The van der Waals surface area contributed by atoms with Crippen LogP contribution in [0.1, 0.15) is 38.2 Å². The molecule has 2 rings (SSSR count). The van der Waals surface area contributed by atoms with E-state index in [4.69, 9.17) is 0 Å². The number of anilines is 1. The largest absolute Gasteiger partial charge is 0.369 e. The molecule has 1 aromatic carbocycles. The van der Waals surface area contributed by atoms with Gasteiger partial charge in [-0.3, -0.25) is 0 Å². The topological polar surface area (TPSA) is 15.3 Å². The molecule has 0 fully saturated rings. The van der Waals surface area contributed by atoms with Gasteiger partial charge in [0.15, 0.2) is 0 Å². The molecular formula is C16H26N2. The Morgan fingerprint density at radius 3 is 2.94 bits per heavy atom. The minimum Gasteiger partial charge on any atom is -0.369 e. The molecule has 0 saturated carbocycles. The van der Waals surface area contributed by atoms with Gasteiger partial charge in [-0.15, -0.1) is 0 Å². The van der Waals surface area contributed by atoms with Crippen molar-refractivity contribution < 1.29 is 0 Å². The van der Waals surface area contributed by atoms with Crippen molar-refractivity contribution in [3.8, 4) is 0 Å². The molecule has 0 saturated heterocycles. The number of aryl methyl sites for hydroxylation is 1. The molecule has 2 nitrogen and oxygen atoms in total. The highest BCUT2D eigenvalue weighted by atomic mass is 15.2. The van der Waals surface area contributed by atoms with Gasteiger partial charge in [0.25, 0.3) is 0 Å². The van der Waals surface area contributed by atoms with Crippen LogP contribution in [-0.2, 0) is 6.42 Å². The van der Waals surface area contributed by atoms with Crippen molar-refractivity contribution in [1.82, 2.24) is 5.32 Å². The highest BCUT2D eigenvalue weighted by Gasteiger charge is 2.19. The fourth-order valence-electron chi connectivity index (χ4n) is 2.91. The minimum atomic E-state index is 0.651. The van der Waals surface area contributed by atoms with E-state index in [1.807, 2.05) is 7.05 Å². The molecule has 1 aliphatic rings. The number of para-hydroxylation sites is 1. The summed E-state index contributed by atoms with van der Waals surface area (Å²) >= 11 is 0. The van der Waals surface area contributed by atoms with Gasteiger partial charge in [-0.25, -0.2) is 0 Å². The van der Waals surface area contributed by atoms with E-state index >= 15 is 0 Å². The fraction of sp³-hybridized carbons (Fsp3) is 0.625. The van der Waals surface area contributed by atoms with Crippen molar-refractivity contribution in [2.75, 3.05) is 25.0 Å². The van der Waals surface area contributed by atoms with Crippen LogP contribution < -0.4 is 10.2 Å². The van der Waals surface area contributed by atoms with Crippen LogP contribution in [0.2, 0.25) is 0 Å². The van der Waals surface area contributed by atoms with Gasteiger partial charge in [-0.2, -0.15) is 0 Å². The van der Waals surface area contributed by atoms with Gasteiger partial charge in [0, 0.05) is 18.3 Å². The quantitative estimate of drug-likeness (QED) is 0.803. The Hall–Kier alpha value is -1.02. The molecule has 0 aliphatic carbocycles. The second kappa shape index (κ2) is 6.79. The summed E-state index contributed by atoms with van der Waals surface area (Å²) in [5, 5.41) is 3.24. The van der Waals surface area contributed by atoms with Gasteiger partial charge in [0.1, 0.15) is 0 Å². The summed E-state index contributed by atoms with van der Waals surface area (Å²) in [5.41, 5.74) is 3.02. The van der Waals surface area contributed by atoms with Gasteiger partial charge in [-0.05, 0) is 64.3 Å². The third kappa shape index (κ3) is 3.26. The summed E-state index contributed by atoms with van der Waals surface area (Å²) in [4.78, 5) is 2.62. The Labute approximate surface area is 111 Å². The van der Waals surface area contributed by atoms with E-state index in [1.54, 1.807) is 0 Å². The van der Waals surface area contributed by atoms with E-state index in [9.17, 15) is 0 Å². The predicted octanol–water partition coefficient (Wildman–Crippen LogP) is 3.22. The minimum absolute atomic E-state index is 0.651. The number of hydrogen-bond donors (Lipinski definition) is 1. The zero-order valence-corrected chi connectivity index (χ0v) is 11.8. The molecule has 2 heteroatoms. The zero-order valence-electron chi connectivity index (χ0n) is 11.8. The second-order valence-corrected chi connectivity index (χ2v) is 5.37. The summed E-state index contributed by atoms with van der Waals surface area (Å²) < 4.78 is 0. The Morgan fingerprint density at radius 2 is 2.11 bits per heavy atom. The molecule has 0 aromatic heterocycles. The first-order valence-corrected chi connectivity index (χ1v) is 7.32. The third-order valence-electron chi connectivity index (χ3n) is 3.98. The SMILES string of the molecule is CNCCCC(C)N1CCCCc2ccccc21. The summed E-state index contributed by atoms with van der Waals surface area (Å²) in [6, 6.07) is 9.60. The summed E-state index contributed by atoms with van der Waals surface area (Å²) in [6.07, 6.45) is 6.43. The van der Waals surface area contributed by atoms with Crippen LogP contribution in [-0.4, -0.2) is 26.2 Å². The summed E-state index contributed by atoms with van der Waals surface area (Å²) in [7, 11) is 2.03. The van der Waals surface area contributed by atoms with Crippen LogP contribution in [0.5, 0.6) is 0 Å². The van der Waals surface area contributed by atoms with Crippen molar-refractivity contribution in [1.29, 1.82) is 0 Å².